The molecule has 4 aliphatic rings. The van der Waals surface area contributed by atoms with E-state index in [2.05, 4.69) is 5.32 Å². The Labute approximate surface area is 187 Å². The third kappa shape index (κ3) is 3.54. The number of carbonyl (C=O) groups is 3. The first-order chi connectivity index (χ1) is 14.9. The highest BCUT2D eigenvalue weighted by Crippen LogP contribution is 2.55. The molecule has 3 heterocycles. The SMILES string of the molecule is CO[C@@]12C(COC(N)=O)C3=C(C(=O)C(C)=C(OCCSSCCO)C3=O)N1CC1NC12. The second-order valence-electron chi connectivity index (χ2n) is 7.59. The molecule has 3 unspecified atom stereocenters. The summed E-state index contributed by atoms with van der Waals surface area (Å²) in [6.45, 7) is 2.26. The number of allylic oxidation sites excluding steroid dienone is 2. The number of hydrogen-bond donors (Lipinski definition) is 3. The van der Waals surface area contributed by atoms with E-state index in [-0.39, 0.29) is 60.4 Å². The van der Waals surface area contributed by atoms with Gasteiger partial charge in [-0.2, -0.15) is 0 Å². The van der Waals surface area contributed by atoms with Gasteiger partial charge in [-0.3, -0.25) is 9.59 Å². The molecule has 0 aromatic carbocycles. The van der Waals surface area contributed by atoms with Crippen LogP contribution in [0.3, 0.4) is 0 Å². The van der Waals surface area contributed by atoms with Crippen LogP contribution >= 0.6 is 21.6 Å². The Morgan fingerprint density at radius 2 is 2.06 bits per heavy atom. The third-order valence-electron chi connectivity index (χ3n) is 6.04. The number of ketones is 2. The van der Waals surface area contributed by atoms with E-state index in [1.54, 1.807) is 6.92 Å². The fraction of sp³-hybridized carbons (Fsp3) is 0.632. The lowest BCUT2D eigenvalue weighted by Crippen LogP contribution is -2.55. The zero-order valence-electron chi connectivity index (χ0n) is 17.2. The summed E-state index contributed by atoms with van der Waals surface area (Å²) < 4.78 is 16.7. The molecule has 2 fully saturated rings. The van der Waals surface area contributed by atoms with Gasteiger partial charge in [0.25, 0.3) is 0 Å². The number of amides is 1. The third-order valence-corrected chi connectivity index (χ3v) is 8.39. The number of aliphatic hydroxyl groups excluding tert-OH is 1. The standard InChI is InChI=1S/C19H25N3O7S2/c1-9-14(24)13-12(15(25)16(9)28-4-6-31-30-5-3-23)10(8-29-18(20)26)19(27-2)17-11(21-17)7-22(13)19/h10-11,17,21,23H,3-8H2,1-2H3,(H2,20,26)/t10?,11?,17?,19-/m1/s1. The molecular formula is C19H25N3O7S2. The maximum atomic E-state index is 13.5. The maximum Gasteiger partial charge on any atom is 0.404 e. The largest absolute Gasteiger partial charge is 0.488 e. The zero-order valence-corrected chi connectivity index (χ0v) is 18.8. The van der Waals surface area contributed by atoms with Gasteiger partial charge in [-0.1, -0.05) is 21.6 Å². The molecule has 0 radical (unpaired) electrons. The second kappa shape index (κ2) is 8.66. The molecule has 3 aliphatic heterocycles. The van der Waals surface area contributed by atoms with E-state index >= 15 is 0 Å². The highest BCUT2D eigenvalue weighted by atomic mass is 33.1. The summed E-state index contributed by atoms with van der Waals surface area (Å²) in [5.41, 5.74) is 4.99. The van der Waals surface area contributed by atoms with Gasteiger partial charge in [0, 0.05) is 42.3 Å². The fourth-order valence-electron chi connectivity index (χ4n) is 4.77. The fourth-order valence-corrected chi connectivity index (χ4v) is 6.37. The number of aliphatic hydroxyl groups is 1. The van der Waals surface area contributed by atoms with Gasteiger partial charge in [0.1, 0.15) is 6.61 Å². The minimum absolute atomic E-state index is 0.0216. The Kier molecular flexibility index (Phi) is 6.28. The summed E-state index contributed by atoms with van der Waals surface area (Å²) in [7, 11) is 4.55. The minimum Gasteiger partial charge on any atom is -0.488 e. The molecule has 31 heavy (non-hydrogen) atoms. The summed E-state index contributed by atoms with van der Waals surface area (Å²) in [6.07, 6.45) is -0.958. The van der Waals surface area contributed by atoms with Crippen molar-refractivity contribution in [3.05, 3.63) is 22.6 Å². The molecule has 2 saturated heterocycles. The van der Waals surface area contributed by atoms with Gasteiger partial charge in [-0.15, -0.1) is 0 Å². The normalized spacial score (nSPS) is 31.1. The molecule has 10 nitrogen and oxygen atoms in total. The van der Waals surface area contributed by atoms with Crippen LogP contribution in [0.4, 0.5) is 4.79 Å². The van der Waals surface area contributed by atoms with E-state index in [1.807, 2.05) is 4.90 Å². The van der Waals surface area contributed by atoms with Crippen molar-refractivity contribution in [2.45, 2.75) is 24.7 Å². The Hall–Kier alpha value is -1.73. The van der Waals surface area contributed by atoms with Crippen molar-refractivity contribution in [2.75, 3.05) is 45.0 Å². The van der Waals surface area contributed by atoms with E-state index in [4.69, 9.17) is 25.1 Å². The summed E-state index contributed by atoms with van der Waals surface area (Å²) in [5, 5.41) is 12.1. The Bertz CT molecular complexity index is 877. The molecule has 0 aromatic rings. The molecule has 170 valence electrons. The number of primary amides is 1. The van der Waals surface area contributed by atoms with Crippen molar-refractivity contribution < 1.29 is 33.7 Å². The van der Waals surface area contributed by atoms with Gasteiger partial charge in [0.2, 0.25) is 11.6 Å². The van der Waals surface area contributed by atoms with Crippen LogP contribution in [-0.2, 0) is 23.8 Å². The monoisotopic (exact) mass is 471 g/mol. The van der Waals surface area contributed by atoms with Crippen LogP contribution in [-0.4, -0.2) is 90.5 Å². The smallest absolute Gasteiger partial charge is 0.404 e. The van der Waals surface area contributed by atoms with Gasteiger partial charge in [-0.05, 0) is 6.92 Å². The summed E-state index contributed by atoms with van der Waals surface area (Å²) in [5.74, 6) is -0.134. The van der Waals surface area contributed by atoms with Crippen LogP contribution in [0.1, 0.15) is 6.92 Å². The average molecular weight is 472 g/mol. The van der Waals surface area contributed by atoms with Crippen molar-refractivity contribution >= 4 is 39.2 Å². The Morgan fingerprint density at radius 3 is 2.74 bits per heavy atom. The molecule has 4 atom stereocenters. The lowest BCUT2D eigenvalue weighted by molar-refractivity contribution is -0.137. The van der Waals surface area contributed by atoms with Crippen molar-refractivity contribution in [2.24, 2.45) is 11.7 Å². The highest BCUT2D eigenvalue weighted by Gasteiger charge is 2.72. The number of nitrogens with zero attached hydrogens (tertiary/aromatic N) is 1. The molecule has 12 heteroatoms. The number of Topliss-reactive ketones (excluding diaryl/α,β-unsaturated/α-hetero) is 2. The van der Waals surface area contributed by atoms with Gasteiger partial charge >= 0.3 is 6.09 Å². The molecule has 0 spiro atoms. The maximum absolute atomic E-state index is 13.5. The van der Waals surface area contributed by atoms with Crippen molar-refractivity contribution in [1.29, 1.82) is 0 Å². The molecule has 4 rings (SSSR count). The Balaban J connectivity index is 1.59. The molecule has 0 bridgehead atoms. The number of ether oxygens (including phenoxy) is 3. The number of hydrogen-bond acceptors (Lipinski definition) is 11. The van der Waals surface area contributed by atoms with E-state index < -0.39 is 17.7 Å². The number of fused-ring (bicyclic) bond motifs is 4. The van der Waals surface area contributed by atoms with Gasteiger partial charge < -0.3 is 35.3 Å². The van der Waals surface area contributed by atoms with E-state index in [0.717, 1.165) is 0 Å². The number of nitrogens with two attached hydrogens (primary N) is 1. The average Bonchev–Trinajstić information content (AvgIpc) is 3.35. The first-order valence-electron chi connectivity index (χ1n) is 9.92. The van der Waals surface area contributed by atoms with Crippen molar-refractivity contribution in [3.63, 3.8) is 0 Å². The van der Waals surface area contributed by atoms with Gasteiger partial charge in [0.05, 0.1) is 30.9 Å². The lowest BCUT2D eigenvalue weighted by Gasteiger charge is -2.39. The predicted molar refractivity (Wildman–Crippen MR) is 114 cm³/mol. The minimum atomic E-state index is -0.997. The Morgan fingerprint density at radius 1 is 1.32 bits per heavy atom. The first kappa shape index (κ1) is 22.5. The predicted octanol–water partition coefficient (Wildman–Crippen LogP) is -0.220. The van der Waals surface area contributed by atoms with Crippen LogP contribution < -0.4 is 11.1 Å². The van der Waals surface area contributed by atoms with Crippen LogP contribution in [0.2, 0.25) is 0 Å². The molecule has 4 N–H and O–H groups in total. The lowest BCUT2D eigenvalue weighted by atomic mass is 9.83. The van der Waals surface area contributed by atoms with Crippen molar-refractivity contribution in [3.8, 4) is 0 Å². The first-order valence-corrected chi connectivity index (χ1v) is 12.4. The molecule has 1 amide bonds. The number of piperazine rings is 1. The van der Waals surface area contributed by atoms with Crippen molar-refractivity contribution in [1.82, 2.24) is 10.2 Å². The highest BCUT2D eigenvalue weighted by molar-refractivity contribution is 8.76. The second-order valence-corrected chi connectivity index (χ2v) is 10.3. The molecular weight excluding hydrogens is 446 g/mol. The van der Waals surface area contributed by atoms with E-state index in [1.165, 1.54) is 28.7 Å². The van der Waals surface area contributed by atoms with Gasteiger partial charge in [0.15, 0.2) is 11.5 Å². The number of rotatable bonds is 10. The zero-order chi connectivity index (χ0) is 22.3. The molecule has 1 aliphatic carbocycles. The topological polar surface area (TPSA) is 150 Å². The quantitative estimate of drug-likeness (QED) is 0.168. The van der Waals surface area contributed by atoms with Gasteiger partial charge in [-0.25, -0.2) is 4.79 Å². The number of methoxy groups -OCH3 is 1. The summed E-state index contributed by atoms with van der Waals surface area (Å²) in [6, 6.07) is 0.0539. The van der Waals surface area contributed by atoms with Crippen LogP contribution in [0.25, 0.3) is 0 Å². The summed E-state index contributed by atoms with van der Waals surface area (Å²) in [4.78, 5) is 39.9. The van der Waals surface area contributed by atoms with E-state index in [9.17, 15) is 14.4 Å². The van der Waals surface area contributed by atoms with Crippen LogP contribution in [0.15, 0.2) is 22.6 Å². The molecule has 0 saturated carbocycles. The van der Waals surface area contributed by atoms with Crippen LogP contribution in [0, 0.1) is 5.92 Å². The summed E-state index contributed by atoms with van der Waals surface area (Å²) >= 11 is 0. The van der Waals surface area contributed by atoms with Crippen LogP contribution in [0.5, 0.6) is 0 Å². The molecule has 0 aromatic heterocycles. The number of nitrogens with one attached hydrogen (secondary N) is 1. The van der Waals surface area contributed by atoms with E-state index in [0.29, 0.717) is 23.7 Å². The number of carbonyl (C=O) groups excluding carboxylic acids is 3.